The highest BCUT2D eigenvalue weighted by Gasteiger charge is 2.12. The van der Waals surface area contributed by atoms with Crippen molar-refractivity contribution in [3.05, 3.63) is 70.3 Å². The third kappa shape index (κ3) is 3.71. The summed E-state index contributed by atoms with van der Waals surface area (Å²) in [6.45, 7) is 7.54. The molecule has 106 valence electrons. The van der Waals surface area contributed by atoms with E-state index in [0.29, 0.717) is 5.92 Å². The molecule has 2 aromatic carbocycles. The molecule has 0 aliphatic carbocycles. The van der Waals surface area contributed by atoms with E-state index < -0.39 is 0 Å². The van der Waals surface area contributed by atoms with Crippen molar-refractivity contribution in [2.75, 3.05) is 13.6 Å². The number of rotatable bonds is 5. The first kappa shape index (κ1) is 14.8. The molecule has 0 heterocycles. The smallest absolute Gasteiger partial charge is 0.00203 e. The van der Waals surface area contributed by atoms with Crippen LogP contribution < -0.4 is 5.32 Å². The van der Waals surface area contributed by atoms with Gasteiger partial charge in [-0.25, -0.2) is 0 Å². The Bertz CT molecular complexity index is 572. The fourth-order valence-electron chi connectivity index (χ4n) is 2.69. The zero-order valence-corrected chi connectivity index (χ0v) is 13.0. The van der Waals surface area contributed by atoms with Gasteiger partial charge >= 0.3 is 0 Å². The van der Waals surface area contributed by atoms with Gasteiger partial charge in [-0.15, -0.1) is 0 Å². The van der Waals surface area contributed by atoms with Crippen LogP contribution in [0.15, 0.2) is 42.5 Å². The Morgan fingerprint density at radius 2 is 1.75 bits per heavy atom. The van der Waals surface area contributed by atoms with Crippen LogP contribution in [0.1, 0.15) is 33.7 Å². The Morgan fingerprint density at radius 1 is 0.950 bits per heavy atom. The molecule has 0 amide bonds. The second kappa shape index (κ2) is 6.71. The molecule has 0 aliphatic heterocycles. The monoisotopic (exact) mass is 267 g/mol. The lowest BCUT2D eigenvalue weighted by Crippen LogP contribution is -2.19. The molecule has 0 bridgehead atoms. The second-order valence-electron chi connectivity index (χ2n) is 5.79. The highest BCUT2D eigenvalue weighted by molar-refractivity contribution is 5.33. The lowest BCUT2D eigenvalue weighted by Gasteiger charge is -2.18. The Hall–Kier alpha value is -1.60. The highest BCUT2D eigenvalue weighted by atomic mass is 14.8. The van der Waals surface area contributed by atoms with Crippen molar-refractivity contribution in [2.45, 2.75) is 33.1 Å². The minimum absolute atomic E-state index is 0.530. The third-order valence-electron chi connectivity index (χ3n) is 4.02. The van der Waals surface area contributed by atoms with Crippen molar-refractivity contribution in [3.63, 3.8) is 0 Å². The van der Waals surface area contributed by atoms with Gasteiger partial charge in [-0.3, -0.25) is 0 Å². The van der Waals surface area contributed by atoms with E-state index in [1.165, 1.54) is 27.8 Å². The first-order chi connectivity index (χ1) is 9.60. The van der Waals surface area contributed by atoms with E-state index in [4.69, 9.17) is 0 Å². The summed E-state index contributed by atoms with van der Waals surface area (Å²) in [6, 6.07) is 15.7. The van der Waals surface area contributed by atoms with E-state index in [1.807, 2.05) is 7.05 Å². The molecule has 2 aromatic rings. The van der Waals surface area contributed by atoms with Gasteiger partial charge in [0.2, 0.25) is 0 Å². The average Bonchev–Trinajstić information content (AvgIpc) is 2.42. The lowest BCUT2D eigenvalue weighted by molar-refractivity contribution is 0.625. The summed E-state index contributed by atoms with van der Waals surface area (Å²) in [6.07, 6.45) is 1.09. The molecule has 0 saturated carbocycles. The fourth-order valence-corrected chi connectivity index (χ4v) is 2.69. The SMILES string of the molecule is CNCC(Cc1ccc(C)c(C)c1)c1cccc(C)c1. The molecule has 0 spiro atoms. The number of aryl methyl sites for hydroxylation is 3. The zero-order chi connectivity index (χ0) is 14.5. The molecule has 0 fully saturated rings. The normalized spacial score (nSPS) is 12.4. The van der Waals surface area contributed by atoms with E-state index in [9.17, 15) is 0 Å². The predicted molar refractivity (Wildman–Crippen MR) is 87.5 cm³/mol. The molecule has 0 aromatic heterocycles. The summed E-state index contributed by atoms with van der Waals surface area (Å²) in [5.41, 5.74) is 6.94. The largest absolute Gasteiger partial charge is 0.319 e. The molecule has 0 saturated heterocycles. The van der Waals surface area contributed by atoms with Crippen LogP contribution in [0.25, 0.3) is 0 Å². The van der Waals surface area contributed by atoms with Crippen LogP contribution in [0, 0.1) is 20.8 Å². The maximum Gasteiger partial charge on any atom is 0.00203 e. The van der Waals surface area contributed by atoms with Gasteiger partial charge in [0, 0.05) is 12.5 Å². The first-order valence-electron chi connectivity index (χ1n) is 7.37. The van der Waals surface area contributed by atoms with Crippen molar-refractivity contribution >= 4 is 0 Å². The van der Waals surface area contributed by atoms with E-state index in [-0.39, 0.29) is 0 Å². The Labute approximate surface area is 123 Å². The summed E-state index contributed by atoms with van der Waals surface area (Å²) in [4.78, 5) is 0. The number of hydrogen-bond donors (Lipinski definition) is 1. The number of benzene rings is 2. The lowest BCUT2D eigenvalue weighted by atomic mass is 9.90. The van der Waals surface area contributed by atoms with Gasteiger partial charge in [0.15, 0.2) is 0 Å². The van der Waals surface area contributed by atoms with Gasteiger partial charge in [0.05, 0.1) is 0 Å². The van der Waals surface area contributed by atoms with Crippen LogP contribution in [0.3, 0.4) is 0 Å². The van der Waals surface area contributed by atoms with E-state index >= 15 is 0 Å². The maximum atomic E-state index is 3.33. The van der Waals surface area contributed by atoms with E-state index in [2.05, 4.69) is 68.6 Å². The van der Waals surface area contributed by atoms with E-state index in [0.717, 1.165) is 13.0 Å². The van der Waals surface area contributed by atoms with Crippen molar-refractivity contribution < 1.29 is 0 Å². The minimum atomic E-state index is 0.530. The molecular formula is C19H25N. The number of hydrogen-bond acceptors (Lipinski definition) is 1. The highest BCUT2D eigenvalue weighted by Crippen LogP contribution is 2.22. The molecule has 1 atom stereocenters. The fraction of sp³-hybridized carbons (Fsp3) is 0.368. The van der Waals surface area contributed by atoms with Crippen molar-refractivity contribution in [1.82, 2.24) is 5.32 Å². The topological polar surface area (TPSA) is 12.0 Å². The average molecular weight is 267 g/mol. The molecule has 20 heavy (non-hydrogen) atoms. The second-order valence-corrected chi connectivity index (χ2v) is 5.79. The summed E-state index contributed by atoms with van der Waals surface area (Å²) in [5.74, 6) is 0.530. The van der Waals surface area contributed by atoms with E-state index in [1.54, 1.807) is 0 Å². The molecule has 1 unspecified atom stereocenters. The molecular weight excluding hydrogens is 242 g/mol. The van der Waals surface area contributed by atoms with Crippen LogP contribution >= 0.6 is 0 Å². The Morgan fingerprint density at radius 3 is 2.40 bits per heavy atom. The molecule has 1 N–H and O–H groups in total. The molecule has 2 rings (SSSR count). The van der Waals surface area contributed by atoms with Crippen LogP contribution in [-0.2, 0) is 6.42 Å². The molecule has 0 radical (unpaired) electrons. The summed E-state index contributed by atoms with van der Waals surface area (Å²) < 4.78 is 0. The zero-order valence-electron chi connectivity index (χ0n) is 13.0. The maximum absolute atomic E-state index is 3.33. The van der Waals surface area contributed by atoms with Gasteiger partial charge < -0.3 is 5.32 Å². The predicted octanol–water partition coefficient (Wildman–Crippen LogP) is 4.16. The van der Waals surface area contributed by atoms with Crippen LogP contribution in [-0.4, -0.2) is 13.6 Å². The van der Waals surface area contributed by atoms with Crippen molar-refractivity contribution in [3.8, 4) is 0 Å². The third-order valence-corrected chi connectivity index (χ3v) is 4.02. The van der Waals surface area contributed by atoms with Gasteiger partial charge in [0.1, 0.15) is 0 Å². The van der Waals surface area contributed by atoms with Gasteiger partial charge in [-0.05, 0) is 56.5 Å². The summed E-state index contributed by atoms with van der Waals surface area (Å²) in [5, 5.41) is 3.33. The molecule has 0 aliphatic rings. The Balaban J connectivity index is 2.22. The van der Waals surface area contributed by atoms with Crippen LogP contribution in [0.2, 0.25) is 0 Å². The van der Waals surface area contributed by atoms with Crippen molar-refractivity contribution in [2.24, 2.45) is 0 Å². The first-order valence-corrected chi connectivity index (χ1v) is 7.37. The quantitative estimate of drug-likeness (QED) is 0.858. The van der Waals surface area contributed by atoms with Gasteiger partial charge in [-0.2, -0.15) is 0 Å². The Kier molecular flexibility index (Phi) is 4.97. The standard InChI is InChI=1S/C19H25N/c1-14-6-5-7-18(10-14)19(13-20-4)12-17-9-8-15(2)16(3)11-17/h5-11,19-20H,12-13H2,1-4H3. The van der Waals surface area contributed by atoms with Crippen LogP contribution in [0.4, 0.5) is 0 Å². The van der Waals surface area contributed by atoms with Gasteiger partial charge in [-0.1, -0.05) is 48.0 Å². The minimum Gasteiger partial charge on any atom is -0.319 e. The summed E-state index contributed by atoms with van der Waals surface area (Å²) in [7, 11) is 2.03. The van der Waals surface area contributed by atoms with Gasteiger partial charge in [0.25, 0.3) is 0 Å². The van der Waals surface area contributed by atoms with Crippen LogP contribution in [0.5, 0.6) is 0 Å². The summed E-state index contributed by atoms with van der Waals surface area (Å²) >= 11 is 0. The number of nitrogens with one attached hydrogen (secondary N) is 1. The molecule has 1 heteroatoms. The number of likely N-dealkylation sites (N-methyl/N-ethyl adjacent to an activating group) is 1. The molecule has 1 nitrogen and oxygen atoms in total. The van der Waals surface area contributed by atoms with Crippen molar-refractivity contribution in [1.29, 1.82) is 0 Å².